The molecule has 7 heteroatoms. The predicted octanol–water partition coefficient (Wildman–Crippen LogP) is 3.05. The molecule has 4 rings (SSSR count). The number of benzene rings is 2. The molecule has 2 aromatic carbocycles. The number of amides is 3. The van der Waals surface area contributed by atoms with Gasteiger partial charge in [0.15, 0.2) is 0 Å². The minimum atomic E-state index is -0.721. The fourth-order valence-electron chi connectivity index (χ4n) is 3.66. The van der Waals surface area contributed by atoms with Crippen LogP contribution in [0.15, 0.2) is 42.5 Å². The molecule has 0 radical (unpaired) electrons. The molecular formula is C21H20FN3O3. The van der Waals surface area contributed by atoms with Crippen LogP contribution in [-0.4, -0.2) is 42.3 Å². The van der Waals surface area contributed by atoms with Gasteiger partial charge in [-0.15, -0.1) is 0 Å². The Morgan fingerprint density at radius 3 is 2.39 bits per heavy atom. The summed E-state index contributed by atoms with van der Waals surface area (Å²) < 4.78 is 13.8. The van der Waals surface area contributed by atoms with Crippen molar-refractivity contribution >= 4 is 29.1 Å². The second-order valence-corrected chi connectivity index (χ2v) is 6.96. The fourth-order valence-corrected chi connectivity index (χ4v) is 3.66. The SMILES string of the molecule is O=C(CCN1C(=O)c2cccc(F)c2C1=O)Nc1ccc(N2CCCC2)cc1. The highest BCUT2D eigenvalue weighted by Crippen LogP contribution is 2.25. The number of imide groups is 1. The summed E-state index contributed by atoms with van der Waals surface area (Å²) in [6.45, 7) is 2.00. The number of nitrogens with one attached hydrogen (secondary N) is 1. The van der Waals surface area contributed by atoms with E-state index in [0.29, 0.717) is 5.69 Å². The van der Waals surface area contributed by atoms with Crippen molar-refractivity contribution < 1.29 is 18.8 Å². The highest BCUT2D eigenvalue weighted by Gasteiger charge is 2.37. The molecule has 1 N–H and O–H groups in total. The van der Waals surface area contributed by atoms with E-state index in [0.717, 1.165) is 29.7 Å². The Morgan fingerprint density at radius 2 is 1.71 bits per heavy atom. The minimum absolute atomic E-state index is 0.0444. The van der Waals surface area contributed by atoms with E-state index in [4.69, 9.17) is 0 Å². The van der Waals surface area contributed by atoms with Gasteiger partial charge in [-0.2, -0.15) is 0 Å². The second-order valence-electron chi connectivity index (χ2n) is 6.96. The molecule has 28 heavy (non-hydrogen) atoms. The van der Waals surface area contributed by atoms with E-state index in [-0.39, 0.29) is 30.0 Å². The molecule has 1 fully saturated rings. The van der Waals surface area contributed by atoms with E-state index in [9.17, 15) is 18.8 Å². The predicted molar refractivity (Wildman–Crippen MR) is 103 cm³/mol. The third-order valence-electron chi connectivity index (χ3n) is 5.13. The van der Waals surface area contributed by atoms with Gasteiger partial charge in [-0.05, 0) is 49.2 Å². The lowest BCUT2D eigenvalue weighted by Crippen LogP contribution is -2.33. The molecule has 0 bridgehead atoms. The van der Waals surface area contributed by atoms with Crippen molar-refractivity contribution in [1.82, 2.24) is 4.90 Å². The Morgan fingerprint density at radius 1 is 1.00 bits per heavy atom. The van der Waals surface area contributed by atoms with Crippen LogP contribution in [0.3, 0.4) is 0 Å². The van der Waals surface area contributed by atoms with Crippen molar-refractivity contribution in [2.45, 2.75) is 19.3 Å². The van der Waals surface area contributed by atoms with Gasteiger partial charge in [0.05, 0.1) is 11.1 Å². The first-order valence-electron chi connectivity index (χ1n) is 9.34. The van der Waals surface area contributed by atoms with Crippen LogP contribution in [0, 0.1) is 5.82 Å². The van der Waals surface area contributed by atoms with Crippen molar-refractivity contribution in [2.75, 3.05) is 29.9 Å². The summed E-state index contributed by atoms with van der Waals surface area (Å²) in [5, 5.41) is 2.77. The van der Waals surface area contributed by atoms with Crippen molar-refractivity contribution in [3.63, 3.8) is 0 Å². The molecule has 0 spiro atoms. The van der Waals surface area contributed by atoms with Crippen LogP contribution in [0.25, 0.3) is 0 Å². The number of nitrogens with zero attached hydrogens (tertiary/aromatic N) is 2. The van der Waals surface area contributed by atoms with E-state index in [1.54, 1.807) is 0 Å². The molecule has 0 aromatic heterocycles. The lowest BCUT2D eigenvalue weighted by Gasteiger charge is -2.18. The Bertz CT molecular complexity index is 936. The molecule has 1 saturated heterocycles. The Hall–Kier alpha value is -3.22. The van der Waals surface area contributed by atoms with Gasteiger partial charge in [0.2, 0.25) is 5.91 Å². The lowest BCUT2D eigenvalue weighted by molar-refractivity contribution is -0.116. The maximum Gasteiger partial charge on any atom is 0.264 e. The Balaban J connectivity index is 1.34. The molecule has 0 atom stereocenters. The summed E-state index contributed by atoms with van der Waals surface area (Å²) in [7, 11) is 0. The highest BCUT2D eigenvalue weighted by atomic mass is 19.1. The molecule has 6 nitrogen and oxygen atoms in total. The Kier molecular flexibility index (Phi) is 4.81. The molecule has 0 unspecified atom stereocenters. The van der Waals surface area contributed by atoms with Gasteiger partial charge in [0.1, 0.15) is 5.82 Å². The van der Waals surface area contributed by atoms with Gasteiger partial charge in [0.25, 0.3) is 11.8 Å². The van der Waals surface area contributed by atoms with Gasteiger partial charge >= 0.3 is 0 Å². The average molecular weight is 381 g/mol. The summed E-state index contributed by atoms with van der Waals surface area (Å²) >= 11 is 0. The number of carbonyl (C=O) groups excluding carboxylic acids is 3. The van der Waals surface area contributed by atoms with Gasteiger partial charge in [-0.3, -0.25) is 19.3 Å². The number of halogens is 1. The van der Waals surface area contributed by atoms with Crippen LogP contribution in [0.4, 0.5) is 15.8 Å². The molecule has 0 saturated carbocycles. The first-order chi connectivity index (χ1) is 13.5. The molecule has 2 heterocycles. The largest absolute Gasteiger partial charge is 0.372 e. The zero-order chi connectivity index (χ0) is 19.7. The zero-order valence-corrected chi connectivity index (χ0v) is 15.3. The van der Waals surface area contributed by atoms with Gasteiger partial charge in [-0.1, -0.05) is 6.07 Å². The van der Waals surface area contributed by atoms with Gasteiger partial charge < -0.3 is 10.2 Å². The van der Waals surface area contributed by atoms with Crippen LogP contribution in [0.2, 0.25) is 0 Å². The number of rotatable bonds is 5. The third-order valence-corrected chi connectivity index (χ3v) is 5.13. The molecule has 0 aliphatic carbocycles. The summed E-state index contributed by atoms with van der Waals surface area (Å²) in [5.74, 6) is -2.30. The van der Waals surface area contributed by atoms with Crippen LogP contribution < -0.4 is 10.2 Å². The highest BCUT2D eigenvalue weighted by molar-refractivity contribution is 6.21. The minimum Gasteiger partial charge on any atom is -0.372 e. The number of anilines is 2. The first kappa shape index (κ1) is 18.2. The molecule has 2 aromatic rings. The summed E-state index contributed by atoms with van der Waals surface area (Å²) in [6.07, 6.45) is 2.33. The van der Waals surface area contributed by atoms with Crippen LogP contribution in [-0.2, 0) is 4.79 Å². The lowest BCUT2D eigenvalue weighted by atomic mass is 10.1. The summed E-state index contributed by atoms with van der Waals surface area (Å²) in [6, 6.07) is 11.6. The van der Waals surface area contributed by atoms with E-state index >= 15 is 0 Å². The number of carbonyl (C=O) groups is 3. The van der Waals surface area contributed by atoms with Crippen LogP contribution in [0.5, 0.6) is 0 Å². The Labute approximate surface area is 161 Å². The van der Waals surface area contributed by atoms with E-state index in [1.165, 1.54) is 25.0 Å². The zero-order valence-electron chi connectivity index (χ0n) is 15.3. The van der Waals surface area contributed by atoms with Gasteiger partial charge in [-0.25, -0.2) is 4.39 Å². The second kappa shape index (κ2) is 7.42. The van der Waals surface area contributed by atoms with Crippen molar-refractivity contribution in [1.29, 1.82) is 0 Å². The maximum atomic E-state index is 13.8. The average Bonchev–Trinajstić information content (AvgIpc) is 3.30. The fraction of sp³-hybridized carbons (Fsp3) is 0.286. The molecular weight excluding hydrogens is 361 g/mol. The van der Waals surface area contributed by atoms with E-state index in [2.05, 4.69) is 10.2 Å². The molecule has 144 valence electrons. The topological polar surface area (TPSA) is 69.7 Å². The number of fused-ring (bicyclic) bond motifs is 1. The standard InChI is InChI=1S/C21H20FN3O3/c22-17-5-3-4-16-19(17)21(28)25(20(16)27)13-10-18(26)23-14-6-8-15(9-7-14)24-11-1-2-12-24/h3-9H,1-2,10-13H2,(H,23,26). The van der Waals surface area contributed by atoms with Crippen LogP contribution in [0.1, 0.15) is 40.0 Å². The van der Waals surface area contributed by atoms with Crippen molar-refractivity contribution in [2.24, 2.45) is 0 Å². The molecule has 2 aliphatic rings. The third kappa shape index (κ3) is 3.35. The number of hydrogen-bond acceptors (Lipinski definition) is 4. The van der Waals surface area contributed by atoms with Crippen molar-refractivity contribution in [3.05, 3.63) is 59.4 Å². The maximum absolute atomic E-state index is 13.8. The van der Waals surface area contributed by atoms with E-state index < -0.39 is 17.6 Å². The molecule has 2 aliphatic heterocycles. The molecule has 3 amide bonds. The first-order valence-corrected chi connectivity index (χ1v) is 9.34. The smallest absolute Gasteiger partial charge is 0.264 e. The normalized spacial score (nSPS) is 15.9. The number of hydrogen-bond donors (Lipinski definition) is 1. The summed E-state index contributed by atoms with van der Waals surface area (Å²) in [4.78, 5) is 40.0. The van der Waals surface area contributed by atoms with Crippen molar-refractivity contribution in [3.8, 4) is 0 Å². The quantitative estimate of drug-likeness (QED) is 0.809. The van der Waals surface area contributed by atoms with E-state index in [1.807, 2.05) is 24.3 Å². The monoisotopic (exact) mass is 381 g/mol. The summed E-state index contributed by atoms with van der Waals surface area (Å²) in [5.41, 5.74) is 1.61. The van der Waals surface area contributed by atoms with Gasteiger partial charge in [0, 0.05) is 37.4 Å². The van der Waals surface area contributed by atoms with Crippen LogP contribution >= 0.6 is 0 Å².